The number of hydrogen-bond donors (Lipinski definition) is 2. The van der Waals surface area contributed by atoms with Crippen LogP contribution in [0.5, 0.6) is 0 Å². The first-order chi connectivity index (χ1) is 13.3. The van der Waals surface area contributed by atoms with Crippen molar-refractivity contribution in [2.45, 2.75) is 57.9 Å². The van der Waals surface area contributed by atoms with Crippen molar-refractivity contribution in [1.29, 1.82) is 0 Å². The van der Waals surface area contributed by atoms with E-state index in [-0.39, 0.29) is 18.0 Å². The van der Waals surface area contributed by atoms with Crippen LogP contribution in [0, 0.1) is 0 Å². The van der Waals surface area contributed by atoms with Crippen molar-refractivity contribution in [3.05, 3.63) is 23.4 Å². The minimum atomic E-state index is -0.821. The van der Waals surface area contributed by atoms with Crippen molar-refractivity contribution in [2.75, 3.05) is 38.0 Å². The van der Waals surface area contributed by atoms with Crippen molar-refractivity contribution in [3.8, 4) is 0 Å². The van der Waals surface area contributed by atoms with Gasteiger partial charge >= 0.3 is 5.97 Å². The number of anilines is 1. The second-order valence-corrected chi connectivity index (χ2v) is 8.49. The van der Waals surface area contributed by atoms with E-state index < -0.39 is 5.97 Å². The number of aliphatic carboxylic acids is 1. The molecular weight excluding hydrogens is 356 g/mol. The number of aryl methyl sites for hydroxylation is 2. The van der Waals surface area contributed by atoms with Crippen molar-refractivity contribution < 1.29 is 14.7 Å². The predicted molar refractivity (Wildman–Crippen MR) is 108 cm³/mol. The summed E-state index contributed by atoms with van der Waals surface area (Å²) in [7, 11) is 0. The zero-order valence-electron chi connectivity index (χ0n) is 17.0. The van der Waals surface area contributed by atoms with Gasteiger partial charge in [-0.15, -0.1) is 0 Å². The van der Waals surface area contributed by atoms with E-state index in [0.717, 1.165) is 50.2 Å². The molecule has 0 saturated carbocycles. The van der Waals surface area contributed by atoms with Crippen molar-refractivity contribution >= 4 is 17.7 Å². The number of aromatic nitrogens is 1. The van der Waals surface area contributed by atoms with Gasteiger partial charge in [0.05, 0.1) is 6.54 Å². The standard InChI is InChI=1S/C21H32N4O3/c1-21(2)15-24(12-13-25(21)14-19(27)28)18(26)8-4-3-7-17-10-9-16-6-5-11-22-20(16)23-17/h9-10H,3-8,11-15H2,1-2H3,(H,22,23)(H,27,28). The number of pyridine rings is 1. The van der Waals surface area contributed by atoms with Crippen molar-refractivity contribution in [2.24, 2.45) is 0 Å². The fraction of sp³-hybridized carbons (Fsp3) is 0.667. The first-order valence-corrected chi connectivity index (χ1v) is 10.3. The maximum atomic E-state index is 12.6. The first-order valence-electron chi connectivity index (χ1n) is 10.3. The molecule has 0 spiro atoms. The minimum absolute atomic E-state index is 0.0255. The van der Waals surface area contributed by atoms with Gasteiger partial charge in [0, 0.05) is 43.8 Å². The Morgan fingerprint density at radius 1 is 1.25 bits per heavy atom. The third kappa shape index (κ3) is 5.22. The van der Waals surface area contributed by atoms with Gasteiger partial charge in [-0.2, -0.15) is 0 Å². The summed E-state index contributed by atoms with van der Waals surface area (Å²) in [4.78, 5) is 32.1. The van der Waals surface area contributed by atoms with Crippen LogP contribution in [0.2, 0.25) is 0 Å². The highest BCUT2D eigenvalue weighted by Gasteiger charge is 2.36. The summed E-state index contributed by atoms with van der Waals surface area (Å²) < 4.78 is 0. The van der Waals surface area contributed by atoms with Crippen LogP contribution in [0.15, 0.2) is 12.1 Å². The lowest BCUT2D eigenvalue weighted by Crippen LogP contribution is -2.61. The third-order valence-electron chi connectivity index (χ3n) is 5.78. The molecule has 7 nitrogen and oxygen atoms in total. The largest absolute Gasteiger partial charge is 0.480 e. The number of carbonyl (C=O) groups excluding carboxylic acids is 1. The number of carbonyl (C=O) groups is 2. The summed E-state index contributed by atoms with van der Waals surface area (Å²) in [5, 5.41) is 12.4. The number of fused-ring (bicyclic) bond motifs is 1. The number of carboxylic acids is 1. The van der Waals surface area contributed by atoms with Gasteiger partial charge in [-0.1, -0.05) is 6.07 Å². The molecule has 0 aromatic carbocycles. The van der Waals surface area contributed by atoms with Gasteiger partial charge in [0.25, 0.3) is 0 Å². The number of hydrogen-bond acceptors (Lipinski definition) is 5. The molecule has 3 rings (SSSR count). The molecule has 0 unspecified atom stereocenters. The summed E-state index contributed by atoms with van der Waals surface area (Å²) in [6.45, 7) is 6.82. The number of unbranched alkanes of at least 4 members (excludes halogenated alkanes) is 1. The molecule has 0 bridgehead atoms. The van der Waals surface area contributed by atoms with E-state index in [9.17, 15) is 9.59 Å². The average Bonchev–Trinajstić information content (AvgIpc) is 2.66. The summed E-state index contributed by atoms with van der Waals surface area (Å²) in [5.74, 6) is 0.378. The molecule has 3 heterocycles. The van der Waals surface area contributed by atoms with E-state index in [1.54, 1.807) is 0 Å². The van der Waals surface area contributed by atoms with Gasteiger partial charge in [-0.05, 0) is 57.6 Å². The fourth-order valence-corrected chi connectivity index (χ4v) is 4.11. The Morgan fingerprint density at radius 2 is 2.07 bits per heavy atom. The van der Waals surface area contributed by atoms with E-state index in [1.165, 1.54) is 5.56 Å². The smallest absolute Gasteiger partial charge is 0.317 e. The molecule has 0 aliphatic carbocycles. The molecule has 1 saturated heterocycles. The molecule has 28 heavy (non-hydrogen) atoms. The Bertz CT molecular complexity index is 720. The van der Waals surface area contributed by atoms with Gasteiger partial charge in [0.2, 0.25) is 5.91 Å². The van der Waals surface area contributed by atoms with Crippen LogP contribution < -0.4 is 5.32 Å². The molecule has 0 atom stereocenters. The van der Waals surface area contributed by atoms with Crippen LogP contribution in [0.1, 0.15) is 50.8 Å². The van der Waals surface area contributed by atoms with Crippen molar-refractivity contribution in [1.82, 2.24) is 14.8 Å². The van der Waals surface area contributed by atoms with E-state index in [1.807, 2.05) is 23.6 Å². The molecule has 1 aromatic rings. The van der Waals surface area contributed by atoms with E-state index in [2.05, 4.69) is 17.4 Å². The monoisotopic (exact) mass is 388 g/mol. The van der Waals surface area contributed by atoms with E-state index >= 15 is 0 Å². The molecule has 1 fully saturated rings. The van der Waals surface area contributed by atoms with Crippen LogP contribution in [0.4, 0.5) is 5.82 Å². The highest BCUT2D eigenvalue weighted by molar-refractivity contribution is 5.76. The molecule has 0 radical (unpaired) electrons. The normalized spacial score (nSPS) is 19.0. The fourth-order valence-electron chi connectivity index (χ4n) is 4.11. The molecular formula is C21H32N4O3. The quantitative estimate of drug-likeness (QED) is 0.696. The Morgan fingerprint density at radius 3 is 2.82 bits per heavy atom. The lowest BCUT2D eigenvalue weighted by atomic mass is 9.98. The van der Waals surface area contributed by atoms with E-state index in [0.29, 0.717) is 26.1 Å². The molecule has 7 heteroatoms. The SMILES string of the molecule is CC1(C)CN(C(=O)CCCCc2ccc3c(n2)NCCC3)CCN1CC(=O)O. The Kier molecular flexibility index (Phi) is 6.54. The number of carboxylic acid groups (broad SMARTS) is 1. The zero-order valence-corrected chi connectivity index (χ0v) is 17.0. The number of rotatable bonds is 7. The lowest BCUT2D eigenvalue weighted by Gasteiger charge is -2.46. The van der Waals surface area contributed by atoms with Gasteiger partial charge in [0.1, 0.15) is 5.82 Å². The second kappa shape index (κ2) is 8.90. The van der Waals surface area contributed by atoms with Gasteiger partial charge in [-0.3, -0.25) is 14.5 Å². The number of piperazine rings is 1. The average molecular weight is 389 g/mol. The van der Waals surface area contributed by atoms with Gasteiger partial charge in [0.15, 0.2) is 0 Å². The predicted octanol–water partition coefficient (Wildman–Crippen LogP) is 2.16. The van der Waals surface area contributed by atoms with Crippen molar-refractivity contribution in [3.63, 3.8) is 0 Å². The van der Waals surface area contributed by atoms with Crippen LogP contribution in [-0.4, -0.2) is 70.0 Å². The zero-order chi connectivity index (χ0) is 20.1. The van der Waals surface area contributed by atoms with Gasteiger partial charge in [-0.25, -0.2) is 4.98 Å². The summed E-state index contributed by atoms with van der Waals surface area (Å²) in [6, 6.07) is 4.28. The molecule has 1 amide bonds. The highest BCUT2D eigenvalue weighted by atomic mass is 16.4. The first kappa shape index (κ1) is 20.6. The minimum Gasteiger partial charge on any atom is -0.480 e. The maximum Gasteiger partial charge on any atom is 0.317 e. The molecule has 2 N–H and O–H groups in total. The Labute approximate surface area is 167 Å². The molecule has 2 aliphatic heterocycles. The lowest BCUT2D eigenvalue weighted by molar-refractivity contribution is -0.143. The summed E-state index contributed by atoms with van der Waals surface area (Å²) in [5.41, 5.74) is 2.07. The van der Waals surface area contributed by atoms with Gasteiger partial charge < -0.3 is 15.3 Å². The molecule has 2 aliphatic rings. The van der Waals surface area contributed by atoms with Crippen LogP contribution in [-0.2, 0) is 22.4 Å². The van der Waals surface area contributed by atoms with E-state index in [4.69, 9.17) is 10.1 Å². The maximum absolute atomic E-state index is 12.6. The topological polar surface area (TPSA) is 85.8 Å². The summed E-state index contributed by atoms with van der Waals surface area (Å²) >= 11 is 0. The van der Waals surface area contributed by atoms with Crippen LogP contribution in [0.3, 0.4) is 0 Å². The number of nitrogens with zero attached hydrogens (tertiary/aromatic N) is 3. The van der Waals surface area contributed by atoms with Crippen LogP contribution >= 0.6 is 0 Å². The Hall–Kier alpha value is -2.15. The summed E-state index contributed by atoms with van der Waals surface area (Å²) in [6.07, 6.45) is 5.48. The molecule has 1 aromatic heterocycles. The number of nitrogens with one attached hydrogen (secondary N) is 1. The second-order valence-electron chi connectivity index (χ2n) is 8.49. The molecule has 154 valence electrons. The third-order valence-corrected chi connectivity index (χ3v) is 5.78. The number of amides is 1. The van der Waals surface area contributed by atoms with Crippen LogP contribution in [0.25, 0.3) is 0 Å². The Balaban J connectivity index is 1.42. The highest BCUT2D eigenvalue weighted by Crippen LogP contribution is 2.22.